The Kier molecular flexibility index (Phi) is 7.15. The average Bonchev–Trinajstić information content (AvgIpc) is 3.40. The van der Waals surface area contributed by atoms with Crippen LogP contribution in [-0.4, -0.2) is 60.7 Å². The van der Waals surface area contributed by atoms with E-state index in [0.717, 1.165) is 0 Å². The molecule has 0 N–H and O–H groups in total. The van der Waals surface area contributed by atoms with Gasteiger partial charge in [0, 0.05) is 49.0 Å². The molecule has 3 saturated heterocycles. The third kappa shape index (κ3) is 3.98. The molecule has 3 aliphatic heterocycles. The Morgan fingerprint density at radius 3 is 2.29 bits per heavy atom. The van der Waals surface area contributed by atoms with E-state index < -0.39 is 87.9 Å². The van der Waals surface area contributed by atoms with Gasteiger partial charge in [-0.2, -0.15) is 0 Å². The maximum Gasteiger partial charge on any atom is 0.309 e. The Bertz CT molecular complexity index is 1300. The van der Waals surface area contributed by atoms with Crippen LogP contribution < -0.4 is 0 Å². The zero-order chi connectivity index (χ0) is 31.0. The number of Topliss-reactive ketones (excluding diaryl/α,β-unsaturated/α-hetero) is 1. The van der Waals surface area contributed by atoms with Crippen molar-refractivity contribution in [1.82, 2.24) is 0 Å². The lowest BCUT2D eigenvalue weighted by Crippen LogP contribution is -2.72. The second-order valence-electron chi connectivity index (χ2n) is 13.4. The number of rotatable bonds is 5. The van der Waals surface area contributed by atoms with Gasteiger partial charge >= 0.3 is 23.9 Å². The van der Waals surface area contributed by atoms with Gasteiger partial charge in [-0.3, -0.25) is 24.0 Å². The van der Waals surface area contributed by atoms with Gasteiger partial charge in [-0.05, 0) is 18.9 Å². The predicted octanol–water partition coefficient (Wildman–Crippen LogP) is 3.73. The number of furan rings is 1. The molecule has 42 heavy (non-hydrogen) atoms. The Morgan fingerprint density at radius 2 is 1.71 bits per heavy atom. The lowest BCUT2D eigenvalue weighted by molar-refractivity contribution is -0.285. The van der Waals surface area contributed by atoms with Gasteiger partial charge in [-0.25, -0.2) is 0 Å². The fraction of sp³-hybridized carbons (Fsp3) is 0.710. The molecule has 0 amide bonds. The lowest BCUT2D eigenvalue weighted by atomic mass is 9.43. The van der Waals surface area contributed by atoms with E-state index in [2.05, 4.69) is 0 Å². The molecule has 1 spiro atoms. The molecule has 1 aromatic rings. The van der Waals surface area contributed by atoms with E-state index in [1.165, 1.54) is 33.5 Å². The van der Waals surface area contributed by atoms with E-state index in [-0.39, 0.29) is 25.0 Å². The minimum atomic E-state index is -1.46. The summed E-state index contributed by atoms with van der Waals surface area (Å²) in [4.78, 5) is 66.1. The number of fused-ring (bicyclic) bond motifs is 1. The fourth-order valence-corrected chi connectivity index (χ4v) is 9.02. The van der Waals surface area contributed by atoms with E-state index in [4.69, 9.17) is 28.1 Å². The van der Waals surface area contributed by atoms with Crippen LogP contribution in [0.2, 0.25) is 0 Å². The molecule has 2 aliphatic carbocycles. The van der Waals surface area contributed by atoms with Gasteiger partial charge in [0.1, 0.15) is 29.7 Å². The summed E-state index contributed by atoms with van der Waals surface area (Å²) < 4.78 is 35.6. The standard InChI is InChI=1S/C31H40O11/c1-15-25(36)24-27(40-17(3)33)30(7)26(18-9-10-38-14-18)41-23(35)13-31(15,30)42-21-12-20(39-16(2)32)28(4,5)19(29(21,24)6)11-22(34)37-8/h9-10,14-15,19-21,24,26-27H,11-13H2,1-8H3/t15-,19+,20-,21+,24-,26+,27+,29-,30-,31+/m1/s1. The molecule has 2 saturated carbocycles. The normalized spacial score (nSPS) is 42.0. The summed E-state index contributed by atoms with van der Waals surface area (Å²) in [5, 5.41) is 0. The highest BCUT2D eigenvalue weighted by molar-refractivity contribution is 5.90. The van der Waals surface area contributed by atoms with Crippen LogP contribution in [-0.2, 0) is 47.7 Å². The summed E-state index contributed by atoms with van der Waals surface area (Å²) in [6, 6.07) is 1.67. The second kappa shape index (κ2) is 9.92. The van der Waals surface area contributed by atoms with Crippen LogP contribution in [0.4, 0.5) is 0 Å². The third-order valence-electron chi connectivity index (χ3n) is 11.1. The molecule has 5 aliphatic rings. The molecular formula is C31H40O11. The molecule has 1 aromatic heterocycles. The Hall–Kier alpha value is -3.21. The van der Waals surface area contributed by atoms with Crippen LogP contribution in [0, 0.1) is 34.0 Å². The Morgan fingerprint density at radius 1 is 1.05 bits per heavy atom. The number of cyclic esters (lactones) is 1. The molecule has 4 heterocycles. The first-order chi connectivity index (χ1) is 19.5. The number of hydrogen-bond donors (Lipinski definition) is 0. The summed E-state index contributed by atoms with van der Waals surface area (Å²) >= 11 is 0. The number of ether oxygens (including phenoxy) is 5. The predicted molar refractivity (Wildman–Crippen MR) is 143 cm³/mol. The molecule has 11 heteroatoms. The van der Waals surface area contributed by atoms with Gasteiger partial charge in [-0.15, -0.1) is 0 Å². The SMILES string of the molecule is COC(=O)C[C@H]1C(C)(C)[C@H](OC(C)=O)C[C@@H]2O[C@]34CC(=O)O[C@@H](c5ccoc5)[C@]3(C)[C@@H](OC(C)=O)[C@@H](C(=O)[C@H]4C)[C@@]21C. The highest BCUT2D eigenvalue weighted by Crippen LogP contribution is 2.71. The topological polar surface area (TPSA) is 145 Å². The third-order valence-corrected chi connectivity index (χ3v) is 11.1. The molecule has 0 radical (unpaired) electrons. The maximum atomic E-state index is 14.7. The Labute approximate surface area is 244 Å². The largest absolute Gasteiger partial charge is 0.472 e. The maximum absolute atomic E-state index is 14.7. The van der Waals surface area contributed by atoms with Crippen molar-refractivity contribution >= 4 is 29.7 Å². The number of methoxy groups -OCH3 is 1. The van der Waals surface area contributed by atoms with Crippen molar-refractivity contribution < 1.29 is 52.1 Å². The fourth-order valence-electron chi connectivity index (χ4n) is 9.02. The summed E-state index contributed by atoms with van der Waals surface area (Å²) in [5.41, 5.74) is -4.12. The molecule has 11 nitrogen and oxygen atoms in total. The van der Waals surface area contributed by atoms with Gasteiger partial charge in [0.15, 0.2) is 0 Å². The van der Waals surface area contributed by atoms with Gasteiger partial charge < -0.3 is 28.1 Å². The molecule has 10 atom stereocenters. The Balaban J connectivity index is 1.82. The number of carbonyl (C=O) groups is 5. The highest BCUT2D eigenvalue weighted by Gasteiger charge is 2.80. The first-order valence-corrected chi connectivity index (χ1v) is 14.4. The molecular weight excluding hydrogens is 548 g/mol. The minimum Gasteiger partial charge on any atom is -0.472 e. The number of hydrogen-bond acceptors (Lipinski definition) is 11. The first kappa shape index (κ1) is 30.3. The second-order valence-corrected chi connectivity index (χ2v) is 13.4. The van der Waals surface area contributed by atoms with Crippen LogP contribution in [0.1, 0.15) is 79.4 Å². The van der Waals surface area contributed by atoms with Crippen LogP contribution in [0.3, 0.4) is 0 Å². The van der Waals surface area contributed by atoms with E-state index in [9.17, 15) is 24.0 Å². The molecule has 0 unspecified atom stereocenters. The van der Waals surface area contributed by atoms with Crippen molar-refractivity contribution in [3.8, 4) is 0 Å². The zero-order valence-corrected chi connectivity index (χ0v) is 25.4. The van der Waals surface area contributed by atoms with E-state index in [0.29, 0.717) is 5.56 Å². The summed E-state index contributed by atoms with van der Waals surface area (Å²) in [5.74, 6) is -4.78. The molecule has 5 fully saturated rings. The molecule has 6 rings (SSSR count). The molecule has 2 bridgehead atoms. The lowest BCUT2D eigenvalue weighted by Gasteiger charge is -2.61. The summed E-state index contributed by atoms with van der Waals surface area (Å²) in [6.45, 7) is 11.9. The number of ketones is 1. The van der Waals surface area contributed by atoms with Crippen LogP contribution >= 0.6 is 0 Å². The zero-order valence-electron chi connectivity index (χ0n) is 25.4. The highest BCUT2D eigenvalue weighted by atomic mass is 16.6. The first-order valence-electron chi connectivity index (χ1n) is 14.4. The number of esters is 4. The summed E-state index contributed by atoms with van der Waals surface area (Å²) in [6.07, 6.45) is -0.751. The monoisotopic (exact) mass is 588 g/mol. The summed E-state index contributed by atoms with van der Waals surface area (Å²) in [7, 11) is 1.29. The van der Waals surface area contributed by atoms with E-state index in [1.807, 2.05) is 27.7 Å². The average molecular weight is 589 g/mol. The van der Waals surface area contributed by atoms with Crippen molar-refractivity contribution in [3.63, 3.8) is 0 Å². The van der Waals surface area contributed by atoms with Crippen molar-refractivity contribution in [2.45, 2.75) is 97.7 Å². The number of carbonyl (C=O) groups excluding carboxylic acids is 5. The molecule has 0 aromatic carbocycles. The van der Waals surface area contributed by atoms with Crippen LogP contribution in [0.15, 0.2) is 23.0 Å². The van der Waals surface area contributed by atoms with Crippen LogP contribution in [0.25, 0.3) is 0 Å². The van der Waals surface area contributed by atoms with Gasteiger partial charge in [0.25, 0.3) is 0 Å². The van der Waals surface area contributed by atoms with Gasteiger partial charge in [0.2, 0.25) is 0 Å². The molecule has 230 valence electrons. The van der Waals surface area contributed by atoms with Crippen LogP contribution in [0.5, 0.6) is 0 Å². The minimum absolute atomic E-state index is 0.104. The van der Waals surface area contributed by atoms with Crippen molar-refractivity contribution in [1.29, 1.82) is 0 Å². The van der Waals surface area contributed by atoms with E-state index in [1.54, 1.807) is 13.0 Å². The van der Waals surface area contributed by atoms with Crippen molar-refractivity contribution in [3.05, 3.63) is 24.2 Å². The van der Waals surface area contributed by atoms with Gasteiger partial charge in [-0.1, -0.05) is 27.7 Å². The van der Waals surface area contributed by atoms with Crippen molar-refractivity contribution in [2.24, 2.45) is 34.0 Å². The van der Waals surface area contributed by atoms with Gasteiger partial charge in [0.05, 0.1) is 43.5 Å². The smallest absolute Gasteiger partial charge is 0.309 e. The quantitative estimate of drug-likeness (QED) is 0.366. The van der Waals surface area contributed by atoms with Crippen molar-refractivity contribution in [2.75, 3.05) is 7.11 Å². The van der Waals surface area contributed by atoms with E-state index >= 15 is 0 Å².